The van der Waals surface area contributed by atoms with Crippen LogP contribution in [0, 0.1) is 0 Å². The van der Waals surface area contributed by atoms with Crippen LogP contribution in [0.4, 0.5) is 5.69 Å². The summed E-state index contributed by atoms with van der Waals surface area (Å²) >= 11 is 0. The fourth-order valence-electron chi connectivity index (χ4n) is 1.65. The van der Waals surface area contributed by atoms with E-state index in [4.69, 9.17) is 0 Å². The molecule has 0 saturated carbocycles. The Kier molecular flexibility index (Phi) is 3.74. The lowest BCUT2D eigenvalue weighted by Crippen LogP contribution is -2.28. The third-order valence-corrected chi connectivity index (χ3v) is 2.92. The van der Waals surface area contributed by atoms with Gasteiger partial charge in [0.2, 0.25) is 0 Å². The standard InChI is InChI=1S/C14H21NO/c1-10(2)15-13-9-7-6-8-12(13)14(4,5)11(3)16/h6-10,15H,1-5H3. The van der Waals surface area contributed by atoms with Gasteiger partial charge in [-0.05, 0) is 46.2 Å². The first-order valence-corrected chi connectivity index (χ1v) is 5.72. The second-order valence-corrected chi connectivity index (χ2v) is 5.03. The number of hydrogen-bond acceptors (Lipinski definition) is 2. The highest BCUT2D eigenvalue weighted by Gasteiger charge is 2.28. The maximum absolute atomic E-state index is 11.7. The van der Waals surface area contributed by atoms with Crippen molar-refractivity contribution in [1.82, 2.24) is 0 Å². The van der Waals surface area contributed by atoms with Crippen molar-refractivity contribution in [3.8, 4) is 0 Å². The lowest BCUT2D eigenvalue weighted by Gasteiger charge is -2.26. The summed E-state index contributed by atoms with van der Waals surface area (Å²) in [5, 5.41) is 3.38. The number of ketones is 1. The van der Waals surface area contributed by atoms with E-state index >= 15 is 0 Å². The summed E-state index contributed by atoms with van der Waals surface area (Å²) in [4.78, 5) is 11.7. The number of benzene rings is 1. The van der Waals surface area contributed by atoms with E-state index in [1.54, 1.807) is 6.92 Å². The van der Waals surface area contributed by atoms with Crippen molar-refractivity contribution >= 4 is 11.5 Å². The van der Waals surface area contributed by atoms with Crippen molar-refractivity contribution in [3.05, 3.63) is 29.8 Å². The van der Waals surface area contributed by atoms with Crippen LogP contribution >= 0.6 is 0 Å². The van der Waals surface area contributed by atoms with Gasteiger partial charge in [-0.25, -0.2) is 0 Å². The summed E-state index contributed by atoms with van der Waals surface area (Å²) in [6.07, 6.45) is 0. The fourth-order valence-corrected chi connectivity index (χ4v) is 1.65. The number of anilines is 1. The average Bonchev–Trinajstić information content (AvgIpc) is 2.17. The smallest absolute Gasteiger partial charge is 0.139 e. The molecule has 0 atom stereocenters. The molecule has 0 aliphatic heterocycles. The van der Waals surface area contributed by atoms with E-state index in [2.05, 4.69) is 19.2 Å². The number of para-hydroxylation sites is 1. The molecule has 1 N–H and O–H groups in total. The summed E-state index contributed by atoms with van der Waals surface area (Å²) < 4.78 is 0. The molecule has 2 heteroatoms. The zero-order valence-corrected chi connectivity index (χ0v) is 10.8. The molecule has 2 nitrogen and oxygen atoms in total. The summed E-state index contributed by atoms with van der Waals surface area (Å²) in [5.74, 6) is 0.186. The minimum Gasteiger partial charge on any atom is -0.383 e. The number of carbonyl (C=O) groups excluding carboxylic acids is 1. The Morgan fingerprint density at radius 1 is 1.25 bits per heavy atom. The van der Waals surface area contributed by atoms with Crippen LogP contribution in [0.15, 0.2) is 24.3 Å². The second kappa shape index (κ2) is 4.69. The van der Waals surface area contributed by atoms with Gasteiger partial charge in [0.1, 0.15) is 5.78 Å². The molecule has 16 heavy (non-hydrogen) atoms. The monoisotopic (exact) mass is 219 g/mol. The van der Waals surface area contributed by atoms with E-state index in [9.17, 15) is 4.79 Å². The molecule has 0 bridgehead atoms. The van der Waals surface area contributed by atoms with Gasteiger partial charge in [0.25, 0.3) is 0 Å². The van der Waals surface area contributed by atoms with Crippen molar-refractivity contribution in [2.24, 2.45) is 0 Å². The molecule has 0 aromatic heterocycles. The lowest BCUT2D eigenvalue weighted by molar-refractivity contribution is -0.121. The van der Waals surface area contributed by atoms with Crippen molar-refractivity contribution in [2.45, 2.75) is 46.1 Å². The highest BCUT2D eigenvalue weighted by atomic mass is 16.1. The van der Waals surface area contributed by atoms with Gasteiger partial charge in [0.15, 0.2) is 0 Å². The van der Waals surface area contributed by atoms with Crippen LogP contribution in [0.25, 0.3) is 0 Å². The van der Waals surface area contributed by atoms with Gasteiger partial charge in [-0.1, -0.05) is 18.2 Å². The number of carbonyl (C=O) groups is 1. The number of nitrogens with one attached hydrogen (secondary N) is 1. The highest BCUT2D eigenvalue weighted by Crippen LogP contribution is 2.30. The van der Waals surface area contributed by atoms with Crippen LogP contribution in [-0.4, -0.2) is 11.8 Å². The molecule has 0 spiro atoms. The molecule has 0 aliphatic rings. The second-order valence-electron chi connectivity index (χ2n) is 5.03. The Hall–Kier alpha value is -1.31. The van der Waals surface area contributed by atoms with E-state index < -0.39 is 5.41 Å². The topological polar surface area (TPSA) is 29.1 Å². The van der Waals surface area contributed by atoms with Crippen LogP contribution in [0.5, 0.6) is 0 Å². The first-order valence-electron chi connectivity index (χ1n) is 5.72. The fraction of sp³-hybridized carbons (Fsp3) is 0.500. The Morgan fingerprint density at radius 2 is 1.81 bits per heavy atom. The molecule has 88 valence electrons. The van der Waals surface area contributed by atoms with Crippen molar-refractivity contribution < 1.29 is 4.79 Å². The molecule has 0 fully saturated rings. The van der Waals surface area contributed by atoms with Crippen molar-refractivity contribution in [2.75, 3.05) is 5.32 Å². The number of hydrogen-bond donors (Lipinski definition) is 1. The number of Topliss-reactive ketones (excluding diaryl/α,β-unsaturated/α-hetero) is 1. The molecule has 1 aromatic rings. The third-order valence-electron chi connectivity index (χ3n) is 2.92. The molecule has 1 aromatic carbocycles. The largest absolute Gasteiger partial charge is 0.383 e. The van der Waals surface area contributed by atoms with Crippen LogP contribution in [-0.2, 0) is 10.2 Å². The van der Waals surface area contributed by atoms with Gasteiger partial charge >= 0.3 is 0 Å². The molecule has 0 unspecified atom stereocenters. The van der Waals surface area contributed by atoms with Gasteiger partial charge in [-0.3, -0.25) is 4.79 Å². The Morgan fingerprint density at radius 3 is 2.31 bits per heavy atom. The summed E-state index contributed by atoms with van der Waals surface area (Å²) in [7, 11) is 0. The first kappa shape index (κ1) is 12.8. The SMILES string of the molecule is CC(=O)C(C)(C)c1ccccc1NC(C)C. The first-order chi connectivity index (χ1) is 7.35. The highest BCUT2D eigenvalue weighted by molar-refractivity contribution is 5.89. The molecule has 0 heterocycles. The van der Waals surface area contributed by atoms with E-state index in [1.807, 2.05) is 38.1 Å². The quantitative estimate of drug-likeness (QED) is 0.841. The molecule has 0 amide bonds. The van der Waals surface area contributed by atoms with E-state index in [0.717, 1.165) is 11.3 Å². The molecule has 0 aliphatic carbocycles. The minimum atomic E-state index is -0.432. The van der Waals surface area contributed by atoms with Crippen LogP contribution in [0.2, 0.25) is 0 Å². The zero-order valence-electron chi connectivity index (χ0n) is 10.8. The van der Waals surface area contributed by atoms with Crippen LogP contribution in [0.1, 0.15) is 40.2 Å². The zero-order chi connectivity index (χ0) is 12.3. The van der Waals surface area contributed by atoms with E-state index in [0.29, 0.717) is 6.04 Å². The Labute approximate surface area is 98.1 Å². The molecular formula is C14H21NO. The molecule has 1 rings (SSSR count). The molecule has 0 radical (unpaired) electrons. The van der Waals surface area contributed by atoms with Gasteiger partial charge in [-0.15, -0.1) is 0 Å². The Bertz CT molecular complexity index is 380. The van der Waals surface area contributed by atoms with Gasteiger partial charge < -0.3 is 5.32 Å². The van der Waals surface area contributed by atoms with E-state index in [1.165, 1.54) is 0 Å². The summed E-state index contributed by atoms with van der Waals surface area (Å²) in [6.45, 7) is 9.77. The van der Waals surface area contributed by atoms with E-state index in [-0.39, 0.29) is 5.78 Å². The predicted molar refractivity (Wildman–Crippen MR) is 68.9 cm³/mol. The number of rotatable bonds is 4. The van der Waals surface area contributed by atoms with Gasteiger partial charge in [0.05, 0.1) is 0 Å². The van der Waals surface area contributed by atoms with Crippen LogP contribution < -0.4 is 5.32 Å². The summed E-state index contributed by atoms with van der Waals surface area (Å²) in [6, 6.07) is 8.38. The maximum Gasteiger partial charge on any atom is 0.139 e. The van der Waals surface area contributed by atoms with Crippen LogP contribution in [0.3, 0.4) is 0 Å². The average molecular weight is 219 g/mol. The molecule has 0 saturated heterocycles. The normalized spacial score (nSPS) is 11.6. The Balaban J connectivity index is 3.17. The van der Waals surface area contributed by atoms with Gasteiger partial charge in [0, 0.05) is 17.1 Å². The third kappa shape index (κ3) is 2.63. The van der Waals surface area contributed by atoms with Crippen molar-refractivity contribution in [1.29, 1.82) is 0 Å². The minimum absolute atomic E-state index is 0.186. The molecular weight excluding hydrogens is 198 g/mol. The van der Waals surface area contributed by atoms with Crippen molar-refractivity contribution in [3.63, 3.8) is 0 Å². The summed E-state index contributed by atoms with van der Waals surface area (Å²) in [5.41, 5.74) is 1.69. The van der Waals surface area contributed by atoms with Gasteiger partial charge in [-0.2, -0.15) is 0 Å². The maximum atomic E-state index is 11.7. The predicted octanol–water partition coefficient (Wildman–Crippen LogP) is 3.37. The lowest BCUT2D eigenvalue weighted by atomic mass is 9.80.